The van der Waals surface area contributed by atoms with E-state index < -0.39 is 23.7 Å². The molecule has 1 aliphatic rings. The highest BCUT2D eigenvalue weighted by atomic mass is 16.5. The standard InChI is InChI=1S/C21H26NO4/c1-14(2)21(22-4,13-16-6-9-18(25-5)10-7-16)19-12-17(24)8-11-20(19)26-15(3)23/h4,6-11,17,19-20,24H,1,12-13H2,2-3,5H3/q+1. The largest absolute Gasteiger partial charge is 0.497 e. The van der Waals surface area contributed by atoms with E-state index in [2.05, 4.69) is 11.4 Å². The van der Waals surface area contributed by atoms with Gasteiger partial charge in [0, 0.05) is 12.5 Å². The molecule has 1 aliphatic carbocycles. The molecular weight excluding hydrogens is 330 g/mol. The molecular formula is C21H26NO4+. The molecule has 5 heteroatoms. The molecule has 2 rings (SSSR count). The number of methoxy groups -OCH3 is 1. The maximum atomic E-state index is 11.5. The van der Waals surface area contributed by atoms with Gasteiger partial charge >= 0.3 is 11.5 Å². The normalized spacial score (nSPS) is 24.2. The van der Waals surface area contributed by atoms with Gasteiger partial charge in [0.05, 0.1) is 25.6 Å². The molecule has 0 fully saturated rings. The first-order valence-electron chi connectivity index (χ1n) is 8.57. The van der Waals surface area contributed by atoms with Crippen LogP contribution < -0.4 is 4.74 Å². The molecule has 0 radical (unpaired) electrons. The number of aliphatic hydroxyl groups excluding tert-OH is 1. The van der Waals surface area contributed by atoms with E-state index in [4.69, 9.17) is 16.0 Å². The van der Waals surface area contributed by atoms with Crippen LogP contribution in [-0.2, 0) is 16.0 Å². The Morgan fingerprint density at radius 2 is 2.00 bits per heavy atom. The van der Waals surface area contributed by atoms with Crippen molar-refractivity contribution in [2.45, 2.75) is 44.4 Å². The van der Waals surface area contributed by atoms with Crippen molar-refractivity contribution >= 4 is 5.97 Å². The van der Waals surface area contributed by atoms with Crippen LogP contribution in [0, 0.1) is 12.5 Å². The molecule has 0 amide bonds. The molecule has 0 heterocycles. The first kappa shape index (κ1) is 19.7. The molecule has 0 aromatic heterocycles. The molecule has 4 atom stereocenters. The Hall–Kier alpha value is -2.58. The summed E-state index contributed by atoms with van der Waals surface area (Å²) in [6.07, 6.45) is 3.01. The van der Waals surface area contributed by atoms with Crippen LogP contribution in [0.5, 0.6) is 5.75 Å². The second-order valence-electron chi connectivity index (χ2n) is 6.73. The van der Waals surface area contributed by atoms with Crippen LogP contribution in [0.25, 0.3) is 4.85 Å². The minimum Gasteiger partial charge on any atom is -0.497 e. The maximum Gasteiger partial charge on any atom is 0.311 e. The smallest absolute Gasteiger partial charge is 0.311 e. The van der Waals surface area contributed by atoms with E-state index in [0.29, 0.717) is 12.8 Å². The van der Waals surface area contributed by atoms with E-state index >= 15 is 0 Å². The van der Waals surface area contributed by atoms with Crippen LogP contribution in [0.1, 0.15) is 25.8 Å². The molecule has 4 unspecified atom stereocenters. The predicted molar refractivity (Wildman–Crippen MR) is 101 cm³/mol. The van der Waals surface area contributed by atoms with Gasteiger partial charge in [0.25, 0.3) is 6.57 Å². The third-order valence-corrected chi connectivity index (χ3v) is 4.93. The fourth-order valence-electron chi connectivity index (χ4n) is 3.53. The first-order valence-corrected chi connectivity index (χ1v) is 8.57. The fourth-order valence-corrected chi connectivity index (χ4v) is 3.53. The van der Waals surface area contributed by atoms with Crippen LogP contribution in [0.15, 0.2) is 48.6 Å². The molecule has 0 bridgehead atoms. The van der Waals surface area contributed by atoms with Crippen molar-refractivity contribution in [2.75, 3.05) is 7.11 Å². The molecule has 1 aromatic carbocycles. The van der Waals surface area contributed by atoms with Crippen molar-refractivity contribution in [3.63, 3.8) is 0 Å². The number of carbonyl (C=O) groups excluding carboxylic acids is 1. The summed E-state index contributed by atoms with van der Waals surface area (Å²) in [5.74, 6) is 0.0438. The van der Waals surface area contributed by atoms with Gasteiger partial charge in [0.2, 0.25) is 0 Å². The van der Waals surface area contributed by atoms with E-state index in [0.717, 1.165) is 16.9 Å². The summed E-state index contributed by atoms with van der Waals surface area (Å²) in [6.45, 7) is 13.2. The summed E-state index contributed by atoms with van der Waals surface area (Å²) in [6, 6.07) is 7.62. The van der Waals surface area contributed by atoms with E-state index in [1.807, 2.05) is 31.2 Å². The molecule has 0 saturated carbocycles. The number of aliphatic hydroxyl groups is 1. The van der Waals surface area contributed by atoms with Gasteiger partial charge in [-0.3, -0.25) is 4.79 Å². The molecule has 0 spiro atoms. The maximum absolute atomic E-state index is 11.5. The second kappa shape index (κ2) is 8.20. The number of hydrogen-bond donors (Lipinski definition) is 1. The summed E-state index contributed by atoms with van der Waals surface area (Å²) >= 11 is 0. The molecule has 1 N–H and O–H groups in total. The van der Waals surface area contributed by atoms with Gasteiger partial charge in [-0.25, -0.2) is 0 Å². The monoisotopic (exact) mass is 356 g/mol. The van der Waals surface area contributed by atoms with Gasteiger partial charge in [0.1, 0.15) is 11.9 Å². The molecule has 26 heavy (non-hydrogen) atoms. The quantitative estimate of drug-likeness (QED) is 0.627. The summed E-state index contributed by atoms with van der Waals surface area (Å²) in [4.78, 5) is 15.7. The van der Waals surface area contributed by atoms with Crippen molar-refractivity contribution < 1.29 is 19.4 Å². The Morgan fingerprint density at radius 1 is 1.35 bits per heavy atom. The lowest BCUT2D eigenvalue weighted by molar-refractivity contribution is -0.148. The summed E-state index contributed by atoms with van der Waals surface area (Å²) in [5, 5.41) is 10.2. The van der Waals surface area contributed by atoms with Gasteiger partial charge in [-0.05, 0) is 37.1 Å². The molecule has 5 nitrogen and oxygen atoms in total. The minimum atomic E-state index is -0.875. The predicted octanol–water partition coefficient (Wildman–Crippen LogP) is 3.38. The summed E-state index contributed by atoms with van der Waals surface area (Å²) in [5.41, 5.74) is 0.870. The van der Waals surface area contributed by atoms with Crippen molar-refractivity contribution in [1.29, 1.82) is 0 Å². The molecule has 1 aromatic rings. The van der Waals surface area contributed by atoms with Crippen LogP contribution in [0.4, 0.5) is 0 Å². The zero-order valence-corrected chi connectivity index (χ0v) is 15.5. The number of hydrogen-bond acceptors (Lipinski definition) is 4. The van der Waals surface area contributed by atoms with Gasteiger partial charge in [-0.1, -0.05) is 29.6 Å². The lowest BCUT2D eigenvalue weighted by atomic mass is 9.68. The number of rotatable bonds is 6. The summed E-state index contributed by atoms with van der Waals surface area (Å²) < 4.78 is 10.7. The second-order valence-corrected chi connectivity index (χ2v) is 6.73. The lowest BCUT2D eigenvalue weighted by Gasteiger charge is -2.35. The topological polar surface area (TPSA) is 60.1 Å². The average Bonchev–Trinajstić information content (AvgIpc) is 2.61. The van der Waals surface area contributed by atoms with E-state index in [1.54, 1.807) is 19.3 Å². The molecule has 138 valence electrons. The van der Waals surface area contributed by atoms with Crippen LogP contribution in [-0.4, -0.2) is 35.9 Å². The highest BCUT2D eigenvalue weighted by molar-refractivity contribution is 5.66. The van der Waals surface area contributed by atoms with Crippen LogP contribution in [0.3, 0.4) is 0 Å². The van der Waals surface area contributed by atoms with Gasteiger partial charge in [-0.15, -0.1) is 0 Å². The highest BCUT2D eigenvalue weighted by Crippen LogP contribution is 2.41. The lowest BCUT2D eigenvalue weighted by Crippen LogP contribution is -2.48. The third-order valence-electron chi connectivity index (χ3n) is 4.93. The Morgan fingerprint density at radius 3 is 2.50 bits per heavy atom. The van der Waals surface area contributed by atoms with Crippen molar-refractivity contribution in [3.8, 4) is 12.3 Å². The Kier molecular flexibility index (Phi) is 6.23. The molecule has 0 saturated heterocycles. The fraction of sp³-hybridized carbons (Fsp3) is 0.429. The SMILES string of the molecule is C#[N+]C(Cc1ccc(OC)cc1)(C(=C)C)C1CC(O)C=CC1OC(C)=O. The summed E-state index contributed by atoms with van der Waals surface area (Å²) in [7, 11) is 1.61. The molecule has 0 aliphatic heterocycles. The number of esters is 1. The van der Waals surface area contributed by atoms with Crippen molar-refractivity contribution in [1.82, 2.24) is 0 Å². The number of ether oxygens (including phenoxy) is 2. The third kappa shape index (κ3) is 4.14. The Labute approximate surface area is 154 Å². The van der Waals surface area contributed by atoms with Gasteiger partial charge in [-0.2, -0.15) is 0 Å². The highest BCUT2D eigenvalue weighted by Gasteiger charge is 2.55. The Balaban J connectivity index is 2.43. The number of benzene rings is 1. The van der Waals surface area contributed by atoms with Crippen molar-refractivity contribution in [2.24, 2.45) is 5.92 Å². The number of carbonyl (C=O) groups is 1. The van der Waals surface area contributed by atoms with E-state index in [-0.39, 0.29) is 5.92 Å². The van der Waals surface area contributed by atoms with Gasteiger partial charge in [0.15, 0.2) is 0 Å². The average molecular weight is 356 g/mol. The van der Waals surface area contributed by atoms with Gasteiger partial charge < -0.3 is 14.6 Å². The van der Waals surface area contributed by atoms with Crippen LogP contribution in [0.2, 0.25) is 0 Å². The van der Waals surface area contributed by atoms with E-state index in [9.17, 15) is 9.90 Å². The first-order chi connectivity index (χ1) is 12.3. The van der Waals surface area contributed by atoms with E-state index in [1.165, 1.54) is 6.92 Å². The van der Waals surface area contributed by atoms with Crippen LogP contribution >= 0.6 is 0 Å². The minimum absolute atomic E-state index is 0.323. The number of nitrogens with zero attached hydrogens (tertiary/aromatic N) is 1. The zero-order valence-electron chi connectivity index (χ0n) is 15.5. The van der Waals surface area contributed by atoms with Crippen molar-refractivity contribution in [3.05, 3.63) is 59.0 Å². The zero-order chi connectivity index (χ0) is 19.3. The Bertz CT molecular complexity index is 731.